The Hall–Kier alpha value is -1.72. The zero-order valence-electron chi connectivity index (χ0n) is 11.6. The predicted molar refractivity (Wildman–Crippen MR) is 76.8 cm³/mol. The van der Waals surface area contributed by atoms with Crippen LogP contribution in [-0.2, 0) is 13.1 Å². The lowest BCUT2D eigenvalue weighted by molar-refractivity contribution is 0.221. The first-order valence-corrected chi connectivity index (χ1v) is 7.19. The molecule has 1 aliphatic rings. The van der Waals surface area contributed by atoms with Gasteiger partial charge in [0.1, 0.15) is 0 Å². The van der Waals surface area contributed by atoms with Crippen LogP contribution < -0.4 is 5.73 Å². The first-order valence-electron chi connectivity index (χ1n) is 7.19. The average Bonchev–Trinajstić information content (AvgIpc) is 2.98. The minimum absolute atomic E-state index is 0.278. The summed E-state index contributed by atoms with van der Waals surface area (Å²) in [6.45, 7) is 3.67. The van der Waals surface area contributed by atoms with Crippen molar-refractivity contribution in [3.63, 3.8) is 0 Å². The summed E-state index contributed by atoms with van der Waals surface area (Å²) in [4.78, 5) is 6.77. The fourth-order valence-corrected chi connectivity index (χ4v) is 2.64. The zero-order chi connectivity index (χ0) is 13.8. The maximum atomic E-state index is 5.49. The molecule has 5 heteroatoms. The van der Waals surface area contributed by atoms with E-state index in [1.807, 2.05) is 12.1 Å². The number of likely N-dealkylation sites (tertiary alicyclic amines) is 1. The molecule has 3 rings (SSSR count). The molecule has 1 fully saturated rings. The van der Waals surface area contributed by atoms with E-state index in [0.29, 0.717) is 11.7 Å². The maximum absolute atomic E-state index is 5.49. The first-order chi connectivity index (χ1) is 9.85. The largest absolute Gasteiger partial charge is 0.338 e. The van der Waals surface area contributed by atoms with E-state index >= 15 is 0 Å². The molecule has 0 spiro atoms. The van der Waals surface area contributed by atoms with Crippen LogP contribution in [0.3, 0.4) is 0 Å². The number of rotatable bonds is 4. The van der Waals surface area contributed by atoms with Gasteiger partial charge in [0.15, 0.2) is 0 Å². The smallest absolute Gasteiger partial charge is 0.240 e. The monoisotopic (exact) mass is 272 g/mol. The lowest BCUT2D eigenvalue weighted by Gasteiger charge is -2.26. The number of nitrogens with two attached hydrogens (primary N) is 1. The predicted octanol–water partition coefficient (Wildman–Crippen LogP) is 2.18. The molecule has 2 heterocycles. The molecular weight excluding hydrogens is 252 g/mol. The van der Waals surface area contributed by atoms with Crippen LogP contribution in [0.25, 0.3) is 11.4 Å². The van der Waals surface area contributed by atoms with Crippen molar-refractivity contribution in [2.24, 2.45) is 5.73 Å². The molecule has 2 N–H and O–H groups in total. The standard InChI is InChI=1S/C15H20N4O/c16-10-14-17-15(18-20-14)13-6-4-5-12(9-13)11-19-7-2-1-3-8-19/h4-6,9H,1-3,7-8,10-11,16H2. The Morgan fingerprint density at radius 1 is 1.20 bits per heavy atom. The SMILES string of the molecule is NCc1nc(-c2cccc(CN3CCCCC3)c2)no1. The van der Waals surface area contributed by atoms with E-state index in [9.17, 15) is 0 Å². The average molecular weight is 272 g/mol. The van der Waals surface area contributed by atoms with Crippen LogP contribution in [0, 0.1) is 0 Å². The van der Waals surface area contributed by atoms with Gasteiger partial charge in [0.05, 0.1) is 6.54 Å². The van der Waals surface area contributed by atoms with Gasteiger partial charge in [0, 0.05) is 12.1 Å². The van der Waals surface area contributed by atoms with Crippen molar-refractivity contribution in [1.82, 2.24) is 15.0 Å². The van der Waals surface area contributed by atoms with Crippen molar-refractivity contribution >= 4 is 0 Å². The summed E-state index contributed by atoms with van der Waals surface area (Å²) in [6, 6.07) is 8.35. The summed E-state index contributed by atoms with van der Waals surface area (Å²) < 4.78 is 5.06. The van der Waals surface area contributed by atoms with E-state index in [1.54, 1.807) is 0 Å². The highest BCUT2D eigenvalue weighted by atomic mass is 16.5. The Balaban J connectivity index is 1.74. The molecule has 106 valence electrons. The van der Waals surface area contributed by atoms with Crippen LogP contribution in [0.5, 0.6) is 0 Å². The molecule has 0 bridgehead atoms. The molecule has 0 aliphatic carbocycles. The lowest BCUT2D eigenvalue weighted by Crippen LogP contribution is -2.29. The second-order valence-corrected chi connectivity index (χ2v) is 5.25. The van der Waals surface area contributed by atoms with E-state index < -0.39 is 0 Å². The Kier molecular flexibility index (Phi) is 4.08. The number of nitrogens with zero attached hydrogens (tertiary/aromatic N) is 3. The third-order valence-electron chi connectivity index (χ3n) is 3.68. The van der Waals surface area contributed by atoms with Gasteiger partial charge < -0.3 is 10.3 Å². The summed E-state index contributed by atoms with van der Waals surface area (Å²) in [7, 11) is 0. The third-order valence-corrected chi connectivity index (χ3v) is 3.68. The number of piperidine rings is 1. The van der Waals surface area contributed by atoms with Gasteiger partial charge in [-0.05, 0) is 37.6 Å². The normalized spacial score (nSPS) is 16.4. The molecule has 0 amide bonds. The fraction of sp³-hybridized carbons (Fsp3) is 0.467. The van der Waals surface area contributed by atoms with Crippen molar-refractivity contribution in [2.75, 3.05) is 13.1 Å². The van der Waals surface area contributed by atoms with Crippen LogP contribution >= 0.6 is 0 Å². The molecule has 0 radical (unpaired) electrons. The molecule has 1 aromatic carbocycles. The van der Waals surface area contributed by atoms with E-state index in [0.717, 1.165) is 12.1 Å². The zero-order valence-corrected chi connectivity index (χ0v) is 11.6. The second-order valence-electron chi connectivity index (χ2n) is 5.25. The second kappa shape index (κ2) is 6.15. The van der Waals surface area contributed by atoms with Gasteiger partial charge in [0.25, 0.3) is 0 Å². The minimum atomic E-state index is 0.278. The number of hydrogen-bond donors (Lipinski definition) is 1. The molecule has 0 unspecified atom stereocenters. The van der Waals surface area contributed by atoms with Gasteiger partial charge in [-0.25, -0.2) is 0 Å². The van der Waals surface area contributed by atoms with Gasteiger partial charge in [-0.15, -0.1) is 0 Å². The van der Waals surface area contributed by atoms with E-state index in [-0.39, 0.29) is 6.54 Å². The summed E-state index contributed by atoms with van der Waals surface area (Å²) >= 11 is 0. The summed E-state index contributed by atoms with van der Waals surface area (Å²) in [5.41, 5.74) is 7.78. The molecular formula is C15H20N4O. The number of benzene rings is 1. The van der Waals surface area contributed by atoms with Crippen LogP contribution in [0.15, 0.2) is 28.8 Å². The highest BCUT2D eigenvalue weighted by Crippen LogP contribution is 2.19. The van der Waals surface area contributed by atoms with Crippen molar-refractivity contribution in [3.05, 3.63) is 35.7 Å². The molecule has 2 aromatic rings. The van der Waals surface area contributed by atoms with Crippen LogP contribution in [0.2, 0.25) is 0 Å². The Labute approximate surface area is 118 Å². The Morgan fingerprint density at radius 2 is 2.05 bits per heavy atom. The Bertz CT molecular complexity index is 561. The molecule has 5 nitrogen and oxygen atoms in total. The summed E-state index contributed by atoms with van der Waals surface area (Å²) in [5.74, 6) is 1.09. The highest BCUT2D eigenvalue weighted by molar-refractivity contribution is 5.55. The lowest BCUT2D eigenvalue weighted by atomic mass is 10.1. The van der Waals surface area contributed by atoms with E-state index in [2.05, 4.69) is 27.2 Å². The Morgan fingerprint density at radius 3 is 2.80 bits per heavy atom. The van der Waals surface area contributed by atoms with E-state index in [4.69, 9.17) is 10.3 Å². The van der Waals surface area contributed by atoms with Crippen molar-refractivity contribution in [1.29, 1.82) is 0 Å². The third kappa shape index (κ3) is 3.05. The van der Waals surface area contributed by atoms with Gasteiger partial charge >= 0.3 is 0 Å². The van der Waals surface area contributed by atoms with Crippen molar-refractivity contribution in [3.8, 4) is 11.4 Å². The van der Waals surface area contributed by atoms with Gasteiger partial charge in [-0.2, -0.15) is 4.98 Å². The van der Waals surface area contributed by atoms with Crippen LogP contribution in [0.4, 0.5) is 0 Å². The summed E-state index contributed by atoms with van der Waals surface area (Å²) in [6.07, 6.45) is 3.98. The fourth-order valence-electron chi connectivity index (χ4n) is 2.64. The quantitative estimate of drug-likeness (QED) is 0.924. The maximum Gasteiger partial charge on any atom is 0.240 e. The summed E-state index contributed by atoms with van der Waals surface area (Å²) in [5, 5.41) is 3.97. The van der Waals surface area contributed by atoms with Gasteiger partial charge in [-0.3, -0.25) is 4.90 Å². The van der Waals surface area contributed by atoms with E-state index in [1.165, 1.54) is 37.9 Å². The van der Waals surface area contributed by atoms with Crippen molar-refractivity contribution < 1.29 is 4.52 Å². The van der Waals surface area contributed by atoms with Crippen LogP contribution in [-0.4, -0.2) is 28.1 Å². The highest BCUT2D eigenvalue weighted by Gasteiger charge is 2.12. The molecule has 1 aromatic heterocycles. The molecule has 0 saturated carbocycles. The molecule has 0 atom stereocenters. The topological polar surface area (TPSA) is 68.2 Å². The number of aromatic nitrogens is 2. The molecule has 20 heavy (non-hydrogen) atoms. The first kappa shape index (κ1) is 13.3. The van der Waals surface area contributed by atoms with Crippen LogP contribution in [0.1, 0.15) is 30.7 Å². The molecule has 1 saturated heterocycles. The minimum Gasteiger partial charge on any atom is -0.338 e. The van der Waals surface area contributed by atoms with Gasteiger partial charge in [0.2, 0.25) is 11.7 Å². The van der Waals surface area contributed by atoms with Crippen molar-refractivity contribution in [2.45, 2.75) is 32.4 Å². The number of hydrogen-bond acceptors (Lipinski definition) is 5. The molecule has 1 aliphatic heterocycles. The van der Waals surface area contributed by atoms with Gasteiger partial charge in [-0.1, -0.05) is 29.8 Å².